The van der Waals surface area contributed by atoms with Crippen LogP contribution in [0.4, 0.5) is 10.5 Å². The predicted octanol–water partition coefficient (Wildman–Crippen LogP) is 1.05. The highest BCUT2D eigenvalue weighted by molar-refractivity contribution is 6.21. The Labute approximate surface area is 128 Å². The summed E-state index contributed by atoms with van der Waals surface area (Å²) in [6, 6.07) is 4.12. The molecular weight excluding hydrogens is 286 g/mol. The first-order valence-electron chi connectivity index (χ1n) is 7.10. The van der Waals surface area contributed by atoms with Gasteiger partial charge < -0.3 is 15.7 Å². The zero-order chi connectivity index (χ0) is 16.3. The SMILES string of the molecule is CC(C)CN1C(=O)c2ccc(NC(=O)NCCO)cc2C1=O. The Morgan fingerprint density at radius 2 is 1.91 bits per heavy atom. The number of amides is 4. The molecule has 1 heterocycles. The molecule has 0 atom stereocenters. The second-order valence-electron chi connectivity index (χ2n) is 5.48. The van der Waals surface area contributed by atoms with Gasteiger partial charge in [0.05, 0.1) is 17.7 Å². The van der Waals surface area contributed by atoms with E-state index in [9.17, 15) is 14.4 Å². The third-order valence-electron chi connectivity index (χ3n) is 3.17. The van der Waals surface area contributed by atoms with Crippen LogP contribution in [0.5, 0.6) is 0 Å². The molecule has 3 N–H and O–H groups in total. The summed E-state index contributed by atoms with van der Waals surface area (Å²) in [7, 11) is 0. The summed E-state index contributed by atoms with van der Waals surface area (Å²) in [5.41, 5.74) is 1.07. The first kappa shape index (κ1) is 16.0. The minimum absolute atomic E-state index is 0.135. The van der Waals surface area contributed by atoms with Crippen LogP contribution in [-0.2, 0) is 0 Å². The average molecular weight is 305 g/mol. The van der Waals surface area contributed by atoms with Crippen molar-refractivity contribution in [1.82, 2.24) is 10.2 Å². The molecule has 0 radical (unpaired) electrons. The van der Waals surface area contributed by atoms with Crippen molar-refractivity contribution in [2.24, 2.45) is 5.92 Å². The maximum absolute atomic E-state index is 12.3. The summed E-state index contributed by atoms with van der Waals surface area (Å²) < 4.78 is 0. The largest absolute Gasteiger partial charge is 0.395 e. The van der Waals surface area contributed by atoms with Crippen molar-refractivity contribution < 1.29 is 19.5 Å². The summed E-state index contributed by atoms with van der Waals surface area (Å²) in [5, 5.41) is 13.6. The van der Waals surface area contributed by atoms with Crippen molar-refractivity contribution in [1.29, 1.82) is 0 Å². The number of nitrogens with one attached hydrogen (secondary N) is 2. The molecule has 1 aliphatic rings. The van der Waals surface area contributed by atoms with Gasteiger partial charge in [0.2, 0.25) is 0 Å². The third kappa shape index (κ3) is 3.25. The number of hydrogen-bond acceptors (Lipinski definition) is 4. The summed E-state index contributed by atoms with van der Waals surface area (Å²) in [6.07, 6.45) is 0. The van der Waals surface area contributed by atoms with Crippen molar-refractivity contribution in [2.75, 3.05) is 25.0 Å². The number of nitrogens with zero attached hydrogens (tertiary/aromatic N) is 1. The summed E-state index contributed by atoms with van der Waals surface area (Å²) in [6.45, 7) is 4.21. The van der Waals surface area contributed by atoms with E-state index in [0.29, 0.717) is 23.4 Å². The van der Waals surface area contributed by atoms with Crippen molar-refractivity contribution in [3.8, 4) is 0 Å². The van der Waals surface area contributed by atoms with Gasteiger partial charge in [0.15, 0.2) is 0 Å². The lowest BCUT2D eigenvalue weighted by atomic mass is 10.1. The maximum atomic E-state index is 12.3. The van der Waals surface area contributed by atoms with Crippen LogP contribution in [0.1, 0.15) is 34.6 Å². The van der Waals surface area contributed by atoms with Gasteiger partial charge in [-0.1, -0.05) is 13.8 Å². The van der Waals surface area contributed by atoms with Crippen molar-refractivity contribution in [2.45, 2.75) is 13.8 Å². The zero-order valence-electron chi connectivity index (χ0n) is 12.5. The van der Waals surface area contributed by atoms with Crippen LogP contribution in [0.15, 0.2) is 18.2 Å². The standard InChI is InChI=1S/C15H19N3O4/c1-9(2)8-18-13(20)11-4-3-10(7-12(11)14(18)21)17-15(22)16-5-6-19/h3-4,7,9,19H,5-6,8H2,1-2H3,(H2,16,17,22). The Morgan fingerprint density at radius 1 is 1.23 bits per heavy atom. The van der Waals surface area contributed by atoms with E-state index in [-0.39, 0.29) is 30.9 Å². The molecule has 2 rings (SSSR count). The number of hydrogen-bond donors (Lipinski definition) is 3. The van der Waals surface area contributed by atoms with Gasteiger partial charge in [0.1, 0.15) is 0 Å². The fourth-order valence-electron chi connectivity index (χ4n) is 2.24. The Bertz CT molecular complexity index is 613. The number of aliphatic hydroxyl groups excluding tert-OH is 1. The molecule has 7 nitrogen and oxygen atoms in total. The van der Waals surface area contributed by atoms with Gasteiger partial charge in [-0.15, -0.1) is 0 Å². The van der Waals surface area contributed by atoms with Crippen LogP contribution in [0.3, 0.4) is 0 Å². The van der Waals surface area contributed by atoms with Crippen LogP contribution in [0.2, 0.25) is 0 Å². The molecule has 0 unspecified atom stereocenters. The Balaban J connectivity index is 2.16. The van der Waals surface area contributed by atoms with Gasteiger partial charge >= 0.3 is 6.03 Å². The summed E-state index contributed by atoms with van der Waals surface area (Å²) in [5.74, 6) is -0.456. The first-order chi connectivity index (χ1) is 10.4. The lowest BCUT2D eigenvalue weighted by Gasteiger charge is -2.15. The summed E-state index contributed by atoms with van der Waals surface area (Å²) in [4.78, 5) is 37.3. The molecule has 4 amide bonds. The van der Waals surface area contributed by atoms with Gasteiger partial charge in [-0.25, -0.2) is 4.79 Å². The zero-order valence-corrected chi connectivity index (χ0v) is 12.5. The Morgan fingerprint density at radius 3 is 2.55 bits per heavy atom. The molecule has 0 aliphatic carbocycles. The van der Waals surface area contributed by atoms with Crippen molar-refractivity contribution >= 4 is 23.5 Å². The molecule has 0 spiro atoms. The number of rotatable bonds is 5. The van der Waals surface area contributed by atoms with E-state index in [2.05, 4.69) is 10.6 Å². The molecule has 0 aromatic heterocycles. The van der Waals surface area contributed by atoms with Crippen molar-refractivity contribution in [3.05, 3.63) is 29.3 Å². The lowest BCUT2D eigenvalue weighted by molar-refractivity contribution is 0.0636. The number of carbonyl (C=O) groups is 3. The van der Waals surface area contributed by atoms with Crippen LogP contribution in [-0.4, -0.2) is 47.5 Å². The Hall–Kier alpha value is -2.41. The smallest absolute Gasteiger partial charge is 0.319 e. The van der Waals surface area contributed by atoms with E-state index < -0.39 is 6.03 Å². The number of benzene rings is 1. The van der Waals surface area contributed by atoms with E-state index in [0.717, 1.165) is 0 Å². The van der Waals surface area contributed by atoms with Crippen LogP contribution in [0, 0.1) is 5.92 Å². The van der Waals surface area contributed by atoms with Gasteiger partial charge in [-0.05, 0) is 24.1 Å². The molecule has 22 heavy (non-hydrogen) atoms. The maximum Gasteiger partial charge on any atom is 0.319 e. The molecule has 0 bridgehead atoms. The third-order valence-corrected chi connectivity index (χ3v) is 3.17. The highest BCUT2D eigenvalue weighted by Gasteiger charge is 2.35. The quantitative estimate of drug-likeness (QED) is 0.708. The molecule has 0 fully saturated rings. The highest BCUT2D eigenvalue weighted by atomic mass is 16.3. The monoisotopic (exact) mass is 305 g/mol. The molecule has 1 aromatic rings. The van der Waals surface area contributed by atoms with E-state index in [1.54, 1.807) is 6.07 Å². The van der Waals surface area contributed by atoms with E-state index in [1.807, 2.05) is 13.8 Å². The van der Waals surface area contributed by atoms with Crippen LogP contribution in [0.25, 0.3) is 0 Å². The molecular formula is C15H19N3O4. The van der Waals surface area contributed by atoms with Gasteiger partial charge in [0.25, 0.3) is 11.8 Å². The van der Waals surface area contributed by atoms with E-state index >= 15 is 0 Å². The van der Waals surface area contributed by atoms with E-state index in [1.165, 1.54) is 17.0 Å². The van der Waals surface area contributed by atoms with Crippen LogP contribution >= 0.6 is 0 Å². The molecule has 1 aliphatic heterocycles. The van der Waals surface area contributed by atoms with Gasteiger partial charge in [-0.2, -0.15) is 0 Å². The number of anilines is 1. The normalized spacial score (nSPS) is 13.5. The fourth-order valence-corrected chi connectivity index (χ4v) is 2.24. The minimum atomic E-state index is -0.482. The minimum Gasteiger partial charge on any atom is -0.395 e. The molecule has 118 valence electrons. The topological polar surface area (TPSA) is 98.7 Å². The number of urea groups is 1. The van der Waals surface area contributed by atoms with Crippen LogP contribution < -0.4 is 10.6 Å². The van der Waals surface area contributed by atoms with Gasteiger partial charge in [-0.3, -0.25) is 14.5 Å². The molecule has 0 saturated carbocycles. The number of imide groups is 1. The predicted molar refractivity (Wildman–Crippen MR) is 80.8 cm³/mol. The molecule has 7 heteroatoms. The second kappa shape index (κ2) is 6.57. The molecule has 0 saturated heterocycles. The highest BCUT2D eigenvalue weighted by Crippen LogP contribution is 2.26. The van der Waals surface area contributed by atoms with Gasteiger partial charge in [0, 0.05) is 18.8 Å². The number of fused-ring (bicyclic) bond motifs is 1. The summed E-state index contributed by atoms with van der Waals surface area (Å²) >= 11 is 0. The Kier molecular flexibility index (Phi) is 4.77. The average Bonchev–Trinajstić information content (AvgIpc) is 2.69. The second-order valence-corrected chi connectivity index (χ2v) is 5.48. The number of carbonyl (C=O) groups excluding carboxylic acids is 3. The van der Waals surface area contributed by atoms with E-state index in [4.69, 9.17) is 5.11 Å². The van der Waals surface area contributed by atoms with Crippen molar-refractivity contribution in [3.63, 3.8) is 0 Å². The first-order valence-corrected chi connectivity index (χ1v) is 7.10. The number of aliphatic hydroxyl groups is 1. The fraction of sp³-hybridized carbons (Fsp3) is 0.400. The molecule has 1 aromatic carbocycles. The lowest BCUT2D eigenvalue weighted by Crippen LogP contribution is -2.33.